The Morgan fingerprint density at radius 1 is 1.35 bits per heavy atom. The van der Waals surface area contributed by atoms with Gasteiger partial charge >= 0.3 is 5.97 Å². The highest BCUT2D eigenvalue weighted by Crippen LogP contribution is 2.25. The van der Waals surface area contributed by atoms with Gasteiger partial charge < -0.3 is 14.7 Å². The Kier molecular flexibility index (Phi) is 4.02. The maximum Gasteiger partial charge on any atom is 0.337 e. The highest BCUT2D eigenvalue weighted by molar-refractivity contribution is 9.10. The second-order valence-corrected chi connectivity index (χ2v) is 4.84. The van der Waals surface area contributed by atoms with Crippen LogP contribution in [0.25, 0.3) is 0 Å². The summed E-state index contributed by atoms with van der Waals surface area (Å²) in [7, 11) is 0. The van der Waals surface area contributed by atoms with Crippen LogP contribution in [-0.4, -0.2) is 37.4 Å². The summed E-state index contributed by atoms with van der Waals surface area (Å²) in [5.41, 5.74) is 1.10. The molecule has 1 N–H and O–H groups in total. The number of ether oxygens (including phenoxy) is 1. The number of nitrogens with zero attached hydrogens (tertiary/aromatic N) is 1. The summed E-state index contributed by atoms with van der Waals surface area (Å²) in [6.07, 6.45) is 0.926. The summed E-state index contributed by atoms with van der Waals surface area (Å²) in [4.78, 5) is 13.3. The molecule has 0 aromatic heterocycles. The minimum absolute atomic E-state index is 0.335. The van der Waals surface area contributed by atoms with E-state index in [1.54, 1.807) is 6.07 Å². The number of hydrogen-bond acceptors (Lipinski definition) is 3. The monoisotopic (exact) mass is 299 g/mol. The Balaban J connectivity index is 2.32. The first-order valence-electron chi connectivity index (χ1n) is 5.54. The van der Waals surface area contributed by atoms with Gasteiger partial charge in [0, 0.05) is 24.2 Å². The molecule has 1 aliphatic rings. The van der Waals surface area contributed by atoms with Gasteiger partial charge in [0.25, 0.3) is 0 Å². The Morgan fingerprint density at radius 2 is 2.18 bits per heavy atom. The van der Waals surface area contributed by atoms with E-state index in [0.717, 1.165) is 36.3 Å². The number of hydrogen-bond donors (Lipinski definition) is 1. The van der Waals surface area contributed by atoms with E-state index in [-0.39, 0.29) is 0 Å². The molecule has 0 unspecified atom stereocenters. The van der Waals surface area contributed by atoms with E-state index >= 15 is 0 Å². The van der Waals surface area contributed by atoms with Gasteiger partial charge in [-0.1, -0.05) is 15.9 Å². The third-order valence-electron chi connectivity index (χ3n) is 2.75. The van der Waals surface area contributed by atoms with E-state index in [0.29, 0.717) is 12.2 Å². The van der Waals surface area contributed by atoms with Gasteiger partial charge in [0.05, 0.1) is 17.9 Å². The SMILES string of the molecule is O=C(O)c1cc(Br)ccc1N1CCCOCC1. The Morgan fingerprint density at radius 3 is 2.94 bits per heavy atom. The summed E-state index contributed by atoms with van der Waals surface area (Å²) in [6.45, 7) is 2.97. The molecule has 2 rings (SSSR count). The highest BCUT2D eigenvalue weighted by Gasteiger charge is 2.17. The van der Waals surface area contributed by atoms with E-state index in [1.165, 1.54) is 0 Å². The number of carboxylic acids is 1. The Hall–Kier alpha value is -1.07. The number of aromatic carboxylic acids is 1. The van der Waals surface area contributed by atoms with Crippen molar-refractivity contribution >= 4 is 27.6 Å². The quantitative estimate of drug-likeness (QED) is 0.911. The molecule has 1 aromatic rings. The third kappa shape index (κ3) is 2.98. The number of anilines is 1. The van der Waals surface area contributed by atoms with E-state index in [4.69, 9.17) is 4.74 Å². The van der Waals surface area contributed by atoms with Crippen molar-refractivity contribution in [3.63, 3.8) is 0 Å². The van der Waals surface area contributed by atoms with Crippen LogP contribution in [0, 0.1) is 0 Å². The number of rotatable bonds is 2. The molecule has 0 aliphatic carbocycles. The summed E-state index contributed by atoms with van der Waals surface area (Å²) in [5, 5.41) is 9.21. The fourth-order valence-corrected chi connectivity index (χ4v) is 2.30. The molecule has 5 heteroatoms. The zero-order chi connectivity index (χ0) is 12.3. The standard InChI is InChI=1S/C12H14BrNO3/c13-9-2-3-11(10(8-9)12(15)16)14-4-1-6-17-7-5-14/h2-3,8H,1,4-7H2,(H,15,16). The van der Waals surface area contributed by atoms with Gasteiger partial charge in [0.15, 0.2) is 0 Å². The van der Waals surface area contributed by atoms with Crippen molar-refractivity contribution in [2.24, 2.45) is 0 Å². The molecule has 17 heavy (non-hydrogen) atoms. The molecule has 1 heterocycles. The van der Waals surface area contributed by atoms with Gasteiger partial charge in [-0.2, -0.15) is 0 Å². The van der Waals surface area contributed by atoms with Crippen molar-refractivity contribution in [1.29, 1.82) is 0 Å². The molecule has 0 spiro atoms. The first-order valence-corrected chi connectivity index (χ1v) is 6.33. The molecule has 92 valence electrons. The van der Waals surface area contributed by atoms with Gasteiger partial charge in [-0.25, -0.2) is 4.79 Å². The fourth-order valence-electron chi connectivity index (χ4n) is 1.94. The zero-order valence-corrected chi connectivity index (χ0v) is 10.9. The molecule has 4 nitrogen and oxygen atoms in total. The molecule has 1 fully saturated rings. The first-order chi connectivity index (χ1) is 8.18. The minimum Gasteiger partial charge on any atom is -0.478 e. The maximum absolute atomic E-state index is 11.2. The lowest BCUT2D eigenvalue weighted by molar-refractivity contribution is 0.0697. The maximum atomic E-state index is 11.2. The smallest absolute Gasteiger partial charge is 0.337 e. The molecule has 0 atom stereocenters. The Labute approximate surface area is 108 Å². The second-order valence-electron chi connectivity index (χ2n) is 3.92. The summed E-state index contributed by atoms with van der Waals surface area (Å²) >= 11 is 3.30. The number of carboxylic acid groups (broad SMARTS) is 1. The van der Waals surface area contributed by atoms with E-state index in [2.05, 4.69) is 20.8 Å². The molecular formula is C12H14BrNO3. The predicted octanol–water partition coefficient (Wildman–Crippen LogP) is 2.37. The van der Waals surface area contributed by atoms with Gasteiger partial charge in [-0.05, 0) is 24.6 Å². The van der Waals surface area contributed by atoms with Crippen LogP contribution in [0.4, 0.5) is 5.69 Å². The Bertz CT molecular complexity index is 414. The largest absolute Gasteiger partial charge is 0.478 e. The van der Waals surface area contributed by atoms with Crippen LogP contribution in [0.5, 0.6) is 0 Å². The first kappa shape index (κ1) is 12.4. The third-order valence-corrected chi connectivity index (χ3v) is 3.25. The minimum atomic E-state index is -0.897. The van der Waals surface area contributed by atoms with Crippen LogP contribution in [-0.2, 0) is 4.74 Å². The normalized spacial score (nSPS) is 16.6. The summed E-state index contributed by atoms with van der Waals surface area (Å²) in [6, 6.07) is 5.36. The lowest BCUT2D eigenvalue weighted by Gasteiger charge is -2.23. The van der Waals surface area contributed by atoms with Crippen molar-refractivity contribution in [2.45, 2.75) is 6.42 Å². The van der Waals surface area contributed by atoms with Crippen molar-refractivity contribution in [2.75, 3.05) is 31.2 Å². The number of carbonyl (C=O) groups is 1. The topological polar surface area (TPSA) is 49.8 Å². The number of halogens is 1. The van der Waals surface area contributed by atoms with Gasteiger partial charge in [0.2, 0.25) is 0 Å². The predicted molar refractivity (Wildman–Crippen MR) is 68.8 cm³/mol. The lowest BCUT2D eigenvalue weighted by Crippen LogP contribution is -2.27. The van der Waals surface area contributed by atoms with E-state index in [9.17, 15) is 9.90 Å². The van der Waals surface area contributed by atoms with Crippen LogP contribution >= 0.6 is 15.9 Å². The van der Waals surface area contributed by atoms with Crippen LogP contribution in [0.2, 0.25) is 0 Å². The molecule has 0 radical (unpaired) electrons. The second kappa shape index (κ2) is 5.51. The average molecular weight is 300 g/mol. The van der Waals surface area contributed by atoms with Crippen molar-refractivity contribution in [3.8, 4) is 0 Å². The summed E-state index contributed by atoms with van der Waals surface area (Å²) in [5.74, 6) is -0.897. The fraction of sp³-hybridized carbons (Fsp3) is 0.417. The van der Waals surface area contributed by atoms with Crippen LogP contribution in [0.15, 0.2) is 22.7 Å². The van der Waals surface area contributed by atoms with Crippen LogP contribution in [0.3, 0.4) is 0 Å². The van der Waals surface area contributed by atoms with Gasteiger partial charge in [0.1, 0.15) is 0 Å². The van der Waals surface area contributed by atoms with Crippen LogP contribution in [0.1, 0.15) is 16.8 Å². The van der Waals surface area contributed by atoms with Gasteiger partial charge in [-0.3, -0.25) is 0 Å². The molecule has 0 saturated carbocycles. The van der Waals surface area contributed by atoms with Gasteiger partial charge in [-0.15, -0.1) is 0 Å². The summed E-state index contributed by atoms with van der Waals surface area (Å²) < 4.78 is 6.15. The number of benzene rings is 1. The van der Waals surface area contributed by atoms with Crippen LogP contribution < -0.4 is 4.90 Å². The van der Waals surface area contributed by atoms with E-state index in [1.807, 2.05) is 12.1 Å². The average Bonchev–Trinajstić information content (AvgIpc) is 2.57. The molecule has 1 aromatic carbocycles. The highest BCUT2D eigenvalue weighted by atomic mass is 79.9. The molecular weight excluding hydrogens is 286 g/mol. The van der Waals surface area contributed by atoms with Crippen molar-refractivity contribution < 1.29 is 14.6 Å². The lowest BCUT2D eigenvalue weighted by atomic mass is 10.1. The molecule has 0 bridgehead atoms. The van der Waals surface area contributed by atoms with Crippen molar-refractivity contribution in [3.05, 3.63) is 28.2 Å². The van der Waals surface area contributed by atoms with E-state index < -0.39 is 5.97 Å². The molecule has 0 amide bonds. The molecule has 1 aliphatic heterocycles. The zero-order valence-electron chi connectivity index (χ0n) is 9.36. The molecule has 1 saturated heterocycles. The van der Waals surface area contributed by atoms with Crippen molar-refractivity contribution in [1.82, 2.24) is 0 Å².